The Bertz CT molecular complexity index is 1090. The molecule has 1 heterocycles. The second kappa shape index (κ2) is 10.3. The lowest BCUT2D eigenvalue weighted by Gasteiger charge is -2.38. The standard InChI is InChI=1S/C22H26N2O6S2/c1-4-30-21(25)19-18(13-32(27,28)17-10-6-8-15(12-17)29-2)23-22(26)24-20(19)14-7-5-9-16(11-14)31-3/h5-12,18-20H,4,13H2,1-3H3,(H2,23,24,26). The average Bonchev–Trinajstić information content (AvgIpc) is 2.78. The third-order valence-corrected chi connectivity index (χ3v) is 7.70. The molecule has 1 fully saturated rings. The van der Waals surface area contributed by atoms with Crippen LogP contribution in [0.1, 0.15) is 18.5 Å². The molecule has 0 aromatic heterocycles. The molecule has 0 radical (unpaired) electrons. The van der Waals surface area contributed by atoms with Gasteiger partial charge in [0.15, 0.2) is 9.84 Å². The normalized spacial score (nSPS) is 20.7. The van der Waals surface area contributed by atoms with E-state index in [0.717, 1.165) is 4.90 Å². The van der Waals surface area contributed by atoms with Gasteiger partial charge in [0.05, 0.1) is 36.4 Å². The Morgan fingerprint density at radius 3 is 2.56 bits per heavy atom. The van der Waals surface area contributed by atoms with Crippen LogP contribution in [0.2, 0.25) is 0 Å². The number of sulfone groups is 1. The Kier molecular flexibility index (Phi) is 7.68. The molecule has 172 valence electrons. The minimum atomic E-state index is -3.85. The van der Waals surface area contributed by atoms with Gasteiger partial charge in [0.25, 0.3) is 0 Å². The fourth-order valence-electron chi connectivity index (χ4n) is 3.70. The molecule has 8 nitrogen and oxygen atoms in total. The van der Waals surface area contributed by atoms with E-state index in [1.807, 2.05) is 24.5 Å². The summed E-state index contributed by atoms with van der Waals surface area (Å²) in [6, 6.07) is 11.3. The maximum atomic E-state index is 13.2. The van der Waals surface area contributed by atoms with E-state index in [2.05, 4.69) is 10.6 Å². The minimum Gasteiger partial charge on any atom is -0.497 e. The van der Waals surface area contributed by atoms with Crippen molar-refractivity contribution in [1.29, 1.82) is 0 Å². The van der Waals surface area contributed by atoms with Gasteiger partial charge in [-0.25, -0.2) is 13.2 Å². The number of methoxy groups -OCH3 is 1. The van der Waals surface area contributed by atoms with E-state index in [1.165, 1.54) is 31.0 Å². The smallest absolute Gasteiger partial charge is 0.315 e. The summed E-state index contributed by atoms with van der Waals surface area (Å²) in [5, 5.41) is 5.39. The van der Waals surface area contributed by atoms with Crippen LogP contribution in [0.4, 0.5) is 4.79 Å². The van der Waals surface area contributed by atoms with Crippen LogP contribution in [0.25, 0.3) is 0 Å². The molecule has 1 aliphatic rings. The van der Waals surface area contributed by atoms with Crippen LogP contribution in [0.5, 0.6) is 5.75 Å². The maximum absolute atomic E-state index is 13.2. The van der Waals surface area contributed by atoms with Crippen LogP contribution < -0.4 is 15.4 Å². The number of nitrogens with one attached hydrogen (secondary N) is 2. The number of amides is 2. The molecule has 2 aromatic rings. The largest absolute Gasteiger partial charge is 0.497 e. The molecule has 3 rings (SSSR count). The Labute approximate surface area is 192 Å². The van der Waals surface area contributed by atoms with E-state index >= 15 is 0 Å². The number of benzene rings is 2. The van der Waals surface area contributed by atoms with Gasteiger partial charge in [-0.15, -0.1) is 11.8 Å². The summed E-state index contributed by atoms with van der Waals surface area (Å²) in [6.07, 6.45) is 1.92. The zero-order valence-electron chi connectivity index (χ0n) is 18.0. The number of ether oxygens (including phenoxy) is 2. The summed E-state index contributed by atoms with van der Waals surface area (Å²) in [7, 11) is -2.40. The summed E-state index contributed by atoms with van der Waals surface area (Å²) in [5.41, 5.74) is 0.702. The third-order valence-electron chi connectivity index (χ3n) is 5.21. The highest BCUT2D eigenvalue weighted by Crippen LogP contribution is 2.32. The first-order valence-corrected chi connectivity index (χ1v) is 12.9. The molecule has 2 aromatic carbocycles. The Hall–Kier alpha value is -2.72. The highest BCUT2D eigenvalue weighted by atomic mass is 32.2. The Balaban J connectivity index is 1.99. The van der Waals surface area contributed by atoms with Crippen molar-refractivity contribution in [2.45, 2.75) is 28.8 Å². The van der Waals surface area contributed by atoms with Crippen LogP contribution >= 0.6 is 11.8 Å². The number of hydrogen-bond acceptors (Lipinski definition) is 7. The van der Waals surface area contributed by atoms with E-state index in [-0.39, 0.29) is 11.5 Å². The minimum absolute atomic E-state index is 0.0492. The molecule has 3 unspecified atom stereocenters. The van der Waals surface area contributed by atoms with E-state index in [9.17, 15) is 18.0 Å². The molecule has 0 aliphatic carbocycles. The summed E-state index contributed by atoms with van der Waals surface area (Å²) >= 11 is 1.53. The lowest BCUT2D eigenvalue weighted by atomic mass is 9.86. The van der Waals surface area contributed by atoms with Gasteiger partial charge in [0.1, 0.15) is 11.7 Å². The highest BCUT2D eigenvalue weighted by Gasteiger charge is 2.45. The van der Waals surface area contributed by atoms with Crippen molar-refractivity contribution in [3.63, 3.8) is 0 Å². The fraction of sp³-hybridized carbons (Fsp3) is 0.364. The third kappa shape index (κ3) is 5.36. The van der Waals surface area contributed by atoms with Crippen molar-refractivity contribution in [3.05, 3.63) is 54.1 Å². The van der Waals surface area contributed by atoms with Crippen LogP contribution in [-0.2, 0) is 19.4 Å². The summed E-state index contributed by atoms with van der Waals surface area (Å²) < 4.78 is 36.7. The molecule has 0 bridgehead atoms. The van der Waals surface area contributed by atoms with E-state index in [4.69, 9.17) is 9.47 Å². The van der Waals surface area contributed by atoms with Gasteiger partial charge in [-0.05, 0) is 49.1 Å². The number of urea groups is 1. The molecule has 3 atom stereocenters. The molecule has 0 spiro atoms. The molecular formula is C22H26N2O6S2. The van der Waals surface area contributed by atoms with E-state index < -0.39 is 45.6 Å². The lowest BCUT2D eigenvalue weighted by molar-refractivity contribution is -0.150. The molecule has 2 amide bonds. The van der Waals surface area contributed by atoms with Gasteiger partial charge >= 0.3 is 12.0 Å². The average molecular weight is 479 g/mol. The highest BCUT2D eigenvalue weighted by molar-refractivity contribution is 7.98. The fourth-order valence-corrected chi connectivity index (χ4v) is 5.71. The number of esters is 1. The van der Waals surface area contributed by atoms with Crippen LogP contribution in [-0.4, -0.2) is 52.2 Å². The van der Waals surface area contributed by atoms with Gasteiger partial charge in [-0.1, -0.05) is 18.2 Å². The summed E-state index contributed by atoms with van der Waals surface area (Å²) in [6.45, 7) is 1.81. The zero-order chi connectivity index (χ0) is 23.3. The Morgan fingerprint density at radius 2 is 1.88 bits per heavy atom. The van der Waals surface area contributed by atoms with Crippen molar-refractivity contribution in [2.75, 3.05) is 25.7 Å². The number of rotatable bonds is 8. The second-order valence-corrected chi connectivity index (χ2v) is 10.1. The first kappa shape index (κ1) is 23.9. The quantitative estimate of drug-likeness (QED) is 0.443. The van der Waals surface area contributed by atoms with Crippen molar-refractivity contribution in [3.8, 4) is 5.75 Å². The monoisotopic (exact) mass is 478 g/mol. The number of carbonyl (C=O) groups is 2. The van der Waals surface area contributed by atoms with Crippen molar-refractivity contribution in [2.24, 2.45) is 5.92 Å². The van der Waals surface area contributed by atoms with Gasteiger partial charge < -0.3 is 20.1 Å². The van der Waals surface area contributed by atoms with Gasteiger partial charge in [-0.2, -0.15) is 0 Å². The molecule has 2 N–H and O–H groups in total. The maximum Gasteiger partial charge on any atom is 0.315 e. The van der Waals surface area contributed by atoms with Crippen molar-refractivity contribution < 1.29 is 27.5 Å². The first-order valence-electron chi connectivity index (χ1n) is 10.0. The van der Waals surface area contributed by atoms with Crippen LogP contribution in [0.3, 0.4) is 0 Å². The summed E-state index contributed by atoms with van der Waals surface area (Å²) in [5.74, 6) is -1.58. The molecule has 1 saturated heterocycles. The number of thioether (sulfide) groups is 1. The Morgan fingerprint density at radius 1 is 1.12 bits per heavy atom. The predicted octanol–water partition coefficient (Wildman–Crippen LogP) is 2.79. The molecule has 1 aliphatic heterocycles. The predicted molar refractivity (Wildman–Crippen MR) is 122 cm³/mol. The van der Waals surface area contributed by atoms with Crippen molar-refractivity contribution >= 4 is 33.6 Å². The molecule has 32 heavy (non-hydrogen) atoms. The second-order valence-electron chi connectivity index (χ2n) is 7.22. The molecular weight excluding hydrogens is 452 g/mol. The van der Waals surface area contributed by atoms with Crippen LogP contribution in [0.15, 0.2) is 58.3 Å². The molecule has 0 saturated carbocycles. The first-order chi connectivity index (χ1) is 15.3. The van der Waals surface area contributed by atoms with Gasteiger partial charge in [0.2, 0.25) is 0 Å². The summed E-state index contributed by atoms with van der Waals surface area (Å²) in [4.78, 5) is 26.4. The number of hydrogen-bond donors (Lipinski definition) is 2. The topological polar surface area (TPSA) is 111 Å². The molecule has 10 heteroatoms. The van der Waals surface area contributed by atoms with Gasteiger partial charge in [0, 0.05) is 4.90 Å². The van der Waals surface area contributed by atoms with Crippen LogP contribution in [0, 0.1) is 5.92 Å². The number of carbonyl (C=O) groups excluding carboxylic acids is 2. The van der Waals surface area contributed by atoms with Gasteiger partial charge in [-0.3, -0.25) is 4.79 Å². The van der Waals surface area contributed by atoms with E-state index in [1.54, 1.807) is 25.1 Å². The lowest BCUT2D eigenvalue weighted by Crippen LogP contribution is -2.60. The van der Waals surface area contributed by atoms with Crippen molar-refractivity contribution in [1.82, 2.24) is 10.6 Å². The van der Waals surface area contributed by atoms with E-state index in [0.29, 0.717) is 11.3 Å². The zero-order valence-corrected chi connectivity index (χ0v) is 19.7. The SMILES string of the molecule is CCOC(=O)C1C(CS(=O)(=O)c2cccc(OC)c2)NC(=O)NC1c1cccc(SC)c1.